The van der Waals surface area contributed by atoms with Crippen molar-refractivity contribution in [3.63, 3.8) is 0 Å². The molecule has 2 rings (SSSR count). The van der Waals surface area contributed by atoms with Crippen molar-refractivity contribution in [3.05, 3.63) is 18.2 Å². The average molecular weight is 218 g/mol. The van der Waals surface area contributed by atoms with E-state index in [4.69, 9.17) is 5.26 Å². The van der Waals surface area contributed by atoms with Gasteiger partial charge in [-0.15, -0.1) is 0 Å². The first-order valence-electron chi connectivity index (χ1n) is 5.99. The van der Waals surface area contributed by atoms with Crippen LogP contribution >= 0.6 is 0 Å². The van der Waals surface area contributed by atoms with Gasteiger partial charge in [0.15, 0.2) is 0 Å². The molecule has 0 atom stereocenters. The smallest absolute Gasteiger partial charge is 0.0949 e. The van der Waals surface area contributed by atoms with Crippen molar-refractivity contribution in [3.8, 4) is 6.07 Å². The molecule has 1 aliphatic rings. The third kappa shape index (κ3) is 3.67. The molecule has 1 aromatic rings. The van der Waals surface area contributed by atoms with E-state index in [0.29, 0.717) is 6.42 Å². The Morgan fingerprint density at radius 1 is 1.50 bits per heavy atom. The fraction of sp³-hybridized carbons (Fsp3) is 0.667. The van der Waals surface area contributed by atoms with Crippen LogP contribution < -0.4 is 5.32 Å². The lowest BCUT2D eigenvalue weighted by molar-refractivity contribution is 0.614. The van der Waals surface area contributed by atoms with Gasteiger partial charge in [-0.25, -0.2) is 4.98 Å². The first-order chi connectivity index (χ1) is 7.88. The Kier molecular flexibility index (Phi) is 3.95. The second-order valence-electron chi connectivity index (χ2n) is 4.37. The summed E-state index contributed by atoms with van der Waals surface area (Å²) in [6.07, 6.45) is 9.30. The summed E-state index contributed by atoms with van der Waals surface area (Å²) in [7, 11) is 0. The van der Waals surface area contributed by atoms with Crippen LogP contribution in [0, 0.1) is 11.3 Å². The summed E-state index contributed by atoms with van der Waals surface area (Å²) >= 11 is 0. The molecule has 1 N–H and O–H groups in total. The predicted molar refractivity (Wildman–Crippen MR) is 61.6 cm³/mol. The molecule has 1 aliphatic carbocycles. The maximum Gasteiger partial charge on any atom is 0.0949 e. The number of unbranched alkanes of at least 4 members (excludes halogenated alkanes) is 2. The largest absolute Gasteiger partial charge is 0.337 e. The maximum absolute atomic E-state index is 8.42. The highest BCUT2D eigenvalue weighted by molar-refractivity contribution is 4.97. The van der Waals surface area contributed by atoms with Crippen LogP contribution in [-0.2, 0) is 13.1 Å². The van der Waals surface area contributed by atoms with Gasteiger partial charge in [-0.3, -0.25) is 0 Å². The van der Waals surface area contributed by atoms with E-state index in [2.05, 4.69) is 27.1 Å². The highest BCUT2D eigenvalue weighted by Gasteiger charge is 2.20. The molecule has 0 radical (unpaired) electrons. The SMILES string of the molecule is N#CCCCCn1cnc(CNC2CC2)c1. The molecule has 1 aromatic heterocycles. The Bertz CT molecular complexity index is 359. The number of rotatable bonds is 7. The van der Waals surface area contributed by atoms with Crippen LogP contribution in [0.2, 0.25) is 0 Å². The van der Waals surface area contributed by atoms with E-state index in [1.165, 1.54) is 12.8 Å². The minimum Gasteiger partial charge on any atom is -0.337 e. The molecule has 0 amide bonds. The molecule has 16 heavy (non-hydrogen) atoms. The van der Waals surface area contributed by atoms with E-state index in [1.807, 2.05) is 6.33 Å². The zero-order chi connectivity index (χ0) is 11.2. The number of imidazole rings is 1. The van der Waals surface area contributed by atoms with Crippen molar-refractivity contribution >= 4 is 0 Å². The third-order valence-electron chi connectivity index (χ3n) is 2.79. The standard InChI is InChI=1S/C12H18N4/c13-6-2-1-3-7-16-9-12(15-10-16)8-14-11-4-5-11/h9-11,14H,1-5,7-8H2. The van der Waals surface area contributed by atoms with Crippen molar-refractivity contribution in [1.29, 1.82) is 5.26 Å². The maximum atomic E-state index is 8.42. The van der Waals surface area contributed by atoms with Crippen molar-refractivity contribution < 1.29 is 0 Å². The van der Waals surface area contributed by atoms with Crippen LogP contribution in [0.4, 0.5) is 0 Å². The van der Waals surface area contributed by atoms with Gasteiger partial charge in [0, 0.05) is 31.7 Å². The van der Waals surface area contributed by atoms with Gasteiger partial charge >= 0.3 is 0 Å². The molecule has 0 aromatic carbocycles. The quantitative estimate of drug-likeness (QED) is 0.710. The Morgan fingerprint density at radius 3 is 3.12 bits per heavy atom. The molecule has 86 valence electrons. The summed E-state index contributed by atoms with van der Waals surface area (Å²) in [6.45, 7) is 1.86. The lowest BCUT2D eigenvalue weighted by Crippen LogP contribution is -2.15. The van der Waals surface area contributed by atoms with Gasteiger partial charge in [0.2, 0.25) is 0 Å². The Hall–Kier alpha value is -1.34. The van der Waals surface area contributed by atoms with Gasteiger partial charge in [-0.05, 0) is 25.7 Å². The van der Waals surface area contributed by atoms with Gasteiger partial charge in [0.25, 0.3) is 0 Å². The summed E-state index contributed by atoms with van der Waals surface area (Å²) < 4.78 is 2.11. The fourth-order valence-corrected chi connectivity index (χ4v) is 1.65. The second kappa shape index (κ2) is 5.66. The molecule has 0 bridgehead atoms. The first kappa shape index (κ1) is 11.2. The number of nitrogens with zero attached hydrogens (tertiary/aromatic N) is 3. The van der Waals surface area contributed by atoms with Gasteiger partial charge < -0.3 is 9.88 Å². The first-order valence-corrected chi connectivity index (χ1v) is 5.99. The third-order valence-corrected chi connectivity index (χ3v) is 2.79. The lowest BCUT2D eigenvalue weighted by atomic mass is 10.2. The van der Waals surface area contributed by atoms with E-state index in [0.717, 1.165) is 37.7 Å². The molecular formula is C12H18N4. The van der Waals surface area contributed by atoms with E-state index >= 15 is 0 Å². The summed E-state index contributed by atoms with van der Waals surface area (Å²) in [4.78, 5) is 4.35. The Labute approximate surface area is 96.3 Å². The zero-order valence-electron chi connectivity index (χ0n) is 9.52. The van der Waals surface area contributed by atoms with Crippen LogP contribution in [0.5, 0.6) is 0 Å². The number of hydrogen-bond acceptors (Lipinski definition) is 3. The fourth-order valence-electron chi connectivity index (χ4n) is 1.65. The molecule has 1 saturated carbocycles. The Balaban J connectivity index is 1.67. The van der Waals surface area contributed by atoms with E-state index < -0.39 is 0 Å². The van der Waals surface area contributed by atoms with Gasteiger partial charge in [-0.2, -0.15) is 5.26 Å². The monoisotopic (exact) mass is 218 g/mol. The number of aromatic nitrogens is 2. The highest BCUT2D eigenvalue weighted by Crippen LogP contribution is 2.18. The highest BCUT2D eigenvalue weighted by atomic mass is 15.1. The van der Waals surface area contributed by atoms with Gasteiger partial charge in [0.1, 0.15) is 0 Å². The van der Waals surface area contributed by atoms with Crippen molar-refractivity contribution in [1.82, 2.24) is 14.9 Å². The van der Waals surface area contributed by atoms with E-state index in [1.54, 1.807) is 0 Å². The number of nitrogens with one attached hydrogen (secondary N) is 1. The summed E-state index contributed by atoms with van der Waals surface area (Å²) in [5.74, 6) is 0. The summed E-state index contributed by atoms with van der Waals surface area (Å²) in [5.41, 5.74) is 1.12. The molecule has 0 spiro atoms. The van der Waals surface area contributed by atoms with Gasteiger partial charge in [-0.1, -0.05) is 0 Å². The lowest BCUT2D eigenvalue weighted by Gasteiger charge is -2.00. The van der Waals surface area contributed by atoms with Crippen LogP contribution in [0.1, 0.15) is 37.8 Å². The predicted octanol–water partition coefficient (Wildman–Crippen LogP) is 1.83. The van der Waals surface area contributed by atoms with Crippen LogP contribution in [0.3, 0.4) is 0 Å². The minimum absolute atomic E-state index is 0.658. The number of nitriles is 1. The molecule has 1 heterocycles. The second-order valence-corrected chi connectivity index (χ2v) is 4.37. The van der Waals surface area contributed by atoms with Crippen molar-refractivity contribution in [2.24, 2.45) is 0 Å². The number of aryl methyl sites for hydroxylation is 1. The molecule has 1 fully saturated rings. The van der Waals surface area contributed by atoms with Gasteiger partial charge in [0.05, 0.1) is 18.1 Å². The summed E-state index contributed by atoms with van der Waals surface area (Å²) in [6, 6.07) is 2.90. The molecule has 4 nitrogen and oxygen atoms in total. The Morgan fingerprint density at radius 2 is 2.38 bits per heavy atom. The molecular weight excluding hydrogens is 200 g/mol. The van der Waals surface area contributed by atoms with Crippen molar-refractivity contribution in [2.75, 3.05) is 0 Å². The molecule has 0 saturated heterocycles. The van der Waals surface area contributed by atoms with E-state index in [-0.39, 0.29) is 0 Å². The average Bonchev–Trinajstić information content (AvgIpc) is 3.02. The molecule has 0 aliphatic heterocycles. The summed E-state index contributed by atoms with van der Waals surface area (Å²) in [5, 5.41) is 11.9. The topological polar surface area (TPSA) is 53.6 Å². The van der Waals surface area contributed by atoms with E-state index in [9.17, 15) is 0 Å². The van der Waals surface area contributed by atoms with Crippen LogP contribution in [-0.4, -0.2) is 15.6 Å². The molecule has 4 heteroatoms. The normalized spacial score (nSPS) is 14.9. The zero-order valence-corrected chi connectivity index (χ0v) is 9.52. The molecule has 0 unspecified atom stereocenters. The number of hydrogen-bond donors (Lipinski definition) is 1. The van der Waals surface area contributed by atoms with Crippen LogP contribution in [0.15, 0.2) is 12.5 Å². The minimum atomic E-state index is 0.658. The van der Waals surface area contributed by atoms with Crippen molar-refractivity contribution in [2.45, 2.75) is 51.2 Å². The van der Waals surface area contributed by atoms with Crippen LogP contribution in [0.25, 0.3) is 0 Å².